The molecule has 0 atom stereocenters. The minimum Gasteiger partial charge on any atom is -0.322 e. The summed E-state index contributed by atoms with van der Waals surface area (Å²) in [6, 6.07) is 0. The number of allylic oxidation sites excluding steroid dienone is 2. The maximum absolute atomic E-state index is 11.9. The Morgan fingerprint density at radius 2 is 1.75 bits per heavy atom. The Bertz CT molecular complexity index is 600. The molecule has 0 fully saturated rings. The highest BCUT2D eigenvalue weighted by molar-refractivity contribution is 7.91. The zero-order chi connectivity index (χ0) is 15.2. The molecular formula is C11H12F4N2O2S. The predicted molar refractivity (Wildman–Crippen MR) is 64.1 cm³/mol. The van der Waals surface area contributed by atoms with E-state index in [1.807, 2.05) is 0 Å². The van der Waals surface area contributed by atoms with Gasteiger partial charge in [0.1, 0.15) is 0 Å². The largest absolute Gasteiger partial charge is 0.322 e. The number of rotatable bonds is 7. The molecule has 1 aromatic heterocycles. The first-order chi connectivity index (χ1) is 9.33. The number of aryl methyl sites for hydroxylation is 1. The maximum Gasteiger partial charge on any atom is 0.266 e. The molecule has 0 aromatic carbocycles. The molecule has 20 heavy (non-hydrogen) atoms. The fourth-order valence-electron chi connectivity index (χ4n) is 1.47. The van der Waals surface area contributed by atoms with E-state index in [1.165, 1.54) is 17.0 Å². The molecule has 0 radical (unpaired) electrons. The molecule has 4 nitrogen and oxygen atoms in total. The van der Waals surface area contributed by atoms with E-state index in [9.17, 15) is 26.0 Å². The second kappa shape index (κ2) is 7.22. The van der Waals surface area contributed by atoms with Crippen molar-refractivity contribution in [3.8, 4) is 0 Å². The Kier molecular flexibility index (Phi) is 5.93. The number of sulfone groups is 1. The lowest BCUT2D eigenvalue weighted by Gasteiger charge is -2.06. The molecule has 0 aliphatic carbocycles. The normalized spacial score (nSPS) is 11.2. The molecule has 0 aliphatic rings. The van der Waals surface area contributed by atoms with Crippen LogP contribution in [0.15, 0.2) is 41.9 Å². The lowest BCUT2D eigenvalue weighted by atomic mass is 10.4. The van der Waals surface area contributed by atoms with Gasteiger partial charge in [0, 0.05) is 18.9 Å². The summed E-state index contributed by atoms with van der Waals surface area (Å²) in [6.07, 6.45) is -0.471. The van der Waals surface area contributed by atoms with Crippen molar-refractivity contribution in [3.05, 3.63) is 36.7 Å². The van der Waals surface area contributed by atoms with Gasteiger partial charge < -0.3 is 4.57 Å². The van der Waals surface area contributed by atoms with Crippen LogP contribution in [0.2, 0.25) is 0 Å². The van der Waals surface area contributed by atoms with Gasteiger partial charge in [-0.15, -0.1) is 0 Å². The van der Waals surface area contributed by atoms with Gasteiger partial charge in [0.05, 0.1) is 5.75 Å². The van der Waals surface area contributed by atoms with E-state index in [1.54, 1.807) is 0 Å². The Morgan fingerprint density at radius 3 is 2.35 bits per heavy atom. The van der Waals surface area contributed by atoms with Gasteiger partial charge >= 0.3 is 0 Å². The Balaban J connectivity index is 2.78. The topological polar surface area (TPSA) is 52.0 Å². The van der Waals surface area contributed by atoms with E-state index in [2.05, 4.69) is 4.98 Å². The monoisotopic (exact) mass is 312 g/mol. The molecule has 112 valence electrons. The van der Waals surface area contributed by atoms with Crippen molar-refractivity contribution in [2.75, 3.05) is 5.75 Å². The van der Waals surface area contributed by atoms with E-state index < -0.39 is 27.8 Å². The van der Waals surface area contributed by atoms with E-state index in [4.69, 9.17) is 0 Å². The van der Waals surface area contributed by atoms with Crippen LogP contribution in [-0.2, 0) is 16.4 Å². The summed E-state index contributed by atoms with van der Waals surface area (Å²) in [6.45, 7) is 0.0131. The lowest BCUT2D eigenvalue weighted by Crippen LogP contribution is -2.13. The number of hydrogen-bond donors (Lipinski definition) is 0. The molecule has 1 heterocycles. The van der Waals surface area contributed by atoms with Crippen LogP contribution in [0.1, 0.15) is 12.8 Å². The Hall–Kier alpha value is -1.64. The molecular weight excluding hydrogens is 300 g/mol. The molecule has 0 amide bonds. The first-order valence-electron chi connectivity index (χ1n) is 5.59. The molecule has 0 saturated heterocycles. The van der Waals surface area contributed by atoms with Crippen molar-refractivity contribution in [3.63, 3.8) is 0 Å². The number of aromatic nitrogens is 2. The summed E-state index contributed by atoms with van der Waals surface area (Å²) < 4.78 is 72.4. The lowest BCUT2D eigenvalue weighted by molar-refractivity contribution is 0.415. The van der Waals surface area contributed by atoms with Crippen molar-refractivity contribution in [2.24, 2.45) is 0 Å². The van der Waals surface area contributed by atoms with E-state index in [0.717, 1.165) is 0 Å². The van der Waals surface area contributed by atoms with Crippen LogP contribution < -0.4 is 0 Å². The highest BCUT2D eigenvalue weighted by atomic mass is 32.2. The van der Waals surface area contributed by atoms with Crippen molar-refractivity contribution >= 4 is 9.84 Å². The van der Waals surface area contributed by atoms with E-state index >= 15 is 0 Å². The molecule has 0 unspecified atom stereocenters. The van der Waals surface area contributed by atoms with Gasteiger partial charge in [0.2, 0.25) is 15.0 Å². The second-order valence-electron chi connectivity index (χ2n) is 3.79. The number of hydrogen-bond acceptors (Lipinski definition) is 3. The molecule has 1 rings (SSSR count). The summed E-state index contributed by atoms with van der Waals surface area (Å²) in [5.41, 5.74) is 0. The van der Waals surface area contributed by atoms with Gasteiger partial charge in [0.15, 0.2) is 0 Å². The third kappa shape index (κ3) is 5.16. The van der Waals surface area contributed by atoms with Gasteiger partial charge in [-0.3, -0.25) is 0 Å². The van der Waals surface area contributed by atoms with Gasteiger partial charge in [-0.1, -0.05) is 0 Å². The standard InChI is InChI=1S/C11H12F4N2O2S/c12-9(13)3-1-6-17-7-5-16-11(17)20(18,19)8-2-4-10(14)15/h3-5,7H,1-2,6,8H2. The highest BCUT2D eigenvalue weighted by Crippen LogP contribution is 2.12. The van der Waals surface area contributed by atoms with E-state index in [0.29, 0.717) is 12.2 Å². The van der Waals surface area contributed by atoms with E-state index in [-0.39, 0.29) is 24.5 Å². The fraction of sp³-hybridized carbons (Fsp3) is 0.364. The molecule has 0 aliphatic heterocycles. The number of imidazole rings is 1. The average molecular weight is 312 g/mol. The first kappa shape index (κ1) is 16.4. The van der Waals surface area contributed by atoms with Crippen molar-refractivity contribution in [2.45, 2.75) is 24.5 Å². The zero-order valence-corrected chi connectivity index (χ0v) is 11.1. The summed E-state index contributed by atoms with van der Waals surface area (Å²) in [5.74, 6) is -0.519. The maximum atomic E-state index is 11.9. The fourth-order valence-corrected chi connectivity index (χ4v) is 2.81. The smallest absolute Gasteiger partial charge is 0.266 e. The minimum atomic E-state index is -3.83. The van der Waals surface area contributed by atoms with Gasteiger partial charge in [-0.05, 0) is 25.0 Å². The molecule has 0 N–H and O–H groups in total. The first-order valence-corrected chi connectivity index (χ1v) is 7.24. The van der Waals surface area contributed by atoms with Crippen molar-refractivity contribution in [1.82, 2.24) is 9.55 Å². The van der Waals surface area contributed by atoms with Crippen LogP contribution in [0.25, 0.3) is 0 Å². The average Bonchev–Trinajstić information content (AvgIpc) is 2.76. The highest BCUT2D eigenvalue weighted by Gasteiger charge is 2.19. The molecule has 0 saturated carbocycles. The van der Waals surface area contributed by atoms with Crippen LogP contribution in [0, 0.1) is 0 Å². The minimum absolute atomic E-state index is 0.0131. The summed E-state index contributed by atoms with van der Waals surface area (Å²) >= 11 is 0. The summed E-state index contributed by atoms with van der Waals surface area (Å²) in [7, 11) is -3.83. The van der Waals surface area contributed by atoms with Crippen LogP contribution in [0.3, 0.4) is 0 Å². The molecule has 9 heteroatoms. The van der Waals surface area contributed by atoms with Crippen LogP contribution in [0.4, 0.5) is 17.6 Å². The molecule has 1 aromatic rings. The van der Waals surface area contributed by atoms with Crippen LogP contribution in [0.5, 0.6) is 0 Å². The number of halogens is 4. The Morgan fingerprint density at radius 1 is 1.15 bits per heavy atom. The van der Waals surface area contributed by atoms with Crippen molar-refractivity contribution < 1.29 is 26.0 Å². The van der Waals surface area contributed by atoms with Crippen LogP contribution >= 0.6 is 0 Å². The Labute approximate surface area is 113 Å². The number of nitrogens with zero attached hydrogens (tertiary/aromatic N) is 2. The van der Waals surface area contributed by atoms with Crippen molar-refractivity contribution in [1.29, 1.82) is 0 Å². The SMILES string of the molecule is O=S(=O)(CCC=C(F)F)c1nccn1CCC=C(F)F. The molecule has 0 spiro atoms. The van der Waals surface area contributed by atoms with Gasteiger partial charge in [0.25, 0.3) is 12.2 Å². The quantitative estimate of drug-likeness (QED) is 0.727. The van der Waals surface area contributed by atoms with Crippen LogP contribution in [-0.4, -0.2) is 23.7 Å². The third-order valence-corrected chi connectivity index (χ3v) is 3.98. The third-order valence-electron chi connectivity index (χ3n) is 2.31. The van der Waals surface area contributed by atoms with Gasteiger partial charge in [-0.2, -0.15) is 17.6 Å². The summed E-state index contributed by atoms with van der Waals surface area (Å²) in [4.78, 5) is 3.64. The van der Waals surface area contributed by atoms with Gasteiger partial charge in [-0.25, -0.2) is 13.4 Å². The summed E-state index contributed by atoms with van der Waals surface area (Å²) in [5, 5.41) is -0.308. The molecule has 0 bridgehead atoms. The zero-order valence-electron chi connectivity index (χ0n) is 10.3. The second-order valence-corrected chi connectivity index (χ2v) is 5.79. The predicted octanol–water partition coefficient (Wildman–Crippen LogP) is 3.00.